The summed E-state index contributed by atoms with van der Waals surface area (Å²) in [6.07, 6.45) is 1.68. The number of nitrogens with zero attached hydrogens (tertiary/aromatic N) is 3. The number of aromatic nitrogens is 1. The second-order valence-electron chi connectivity index (χ2n) is 6.83. The second-order valence-corrected chi connectivity index (χ2v) is 7.89. The molecule has 0 saturated carbocycles. The molecule has 0 aliphatic carbocycles. The first kappa shape index (κ1) is 16.5. The third-order valence-corrected chi connectivity index (χ3v) is 6.10. The van der Waals surface area contributed by atoms with Gasteiger partial charge in [-0.2, -0.15) is 0 Å². The predicted molar refractivity (Wildman–Crippen MR) is 97.6 cm³/mol. The lowest BCUT2D eigenvalue weighted by Gasteiger charge is -2.25. The molecule has 0 radical (unpaired) electrons. The van der Waals surface area contributed by atoms with Crippen molar-refractivity contribution in [2.45, 2.75) is 44.9 Å². The van der Waals surface area contributed by atoms with Crippen LogP contribution in [0.15, 0.2) is 29.6 Å². The largest absolute Gasteiger partial charge is 0.497 e. The van der Waals surface area contributed by atoms with Crippen LogP contribution in [0, 0.1) is 6.92 Å². The van der Waals surface area contributed by atoms with Gasteiger partial charge in [0.05, 0.1) is 24.4 Å². The summed E-state index contributed by atoms with van der Waals surface area (Å²) in [5, 5.41) is 3.13. The van der Waals surface area contributed by atoms with Gasteiger partial charge in [0.1, 0.15) is 5.75 Å². The van der Waals surface area contributed by atoms with Gasteiger partial charge >= 0.3 is 0 Å². The molecule has 2 saturated heterocycles. The highest BCUT2D eigenvalue weighted by Gasteiger charge is 2.46. The zero-order valence-corrected chi connectivity index (χ0v) is 15.5. The molecule has 2 aliphatic heterocycles. The van der Waals surface area contributed by atoms with E-state index in [4.69, 9.17) is 4.74 Å². The lowest BCUT2D eigenvalue weighted by atomic mass is 10.1. The number of likely N-dealkylation sites (tertiary alicyclic amines) is 2. The number of amides is 1. The molecule has 0 spiro atoms. The maximum Gasteiger partial charge on any atom is 0.224 e. The molecule has 0 bridgehead atoms. The first-order valence-corrected chi connectivity index (χ1v) is 9.59. The molecule has 1 amide bonds. The number of aryl methyl sites for hydroxylation is 1. The van der Waals surface area contributed by atoms with Gasteiger partial charge in [-0.25, -0.2) is 4.98 Å². The molecule has 2 aliphatic rings. The highest BCUT2D eigenvalue weighted by Crippen LogP contribution is 2.34. The predicted octanol–water partition coefficient (Wildman–Crippen LogP) is 2.84. The number of hydrogen-bond donors (Lipinski definition) is 0. The van der Waals surface area contributed by atoms with Crippen molar-refractivity contribution < 1.29 is 9.53 Å². The van der Waals surface area contributed by atoms with Crippen molar-refractivity contribution in [3.63, 3.8) is 0 Å². The smallest absolute Gasteiger partial charge is 0.224 e. The molecule has 132 valence electrons. The summed E-state index contributed by atoms with van der Waals surface area (Å²) in [5.41, 5.74) is 2.28. The average Bonchev–Trinajstić information content (AvgIpc) is 3.28. The lowest BCUT2D eigenvalue weighted by molar-refractivity contribution is -0.129. The van der Waals surface area contributed by atoms with Crippen LogP contribution in [0.3, 0.4) is 0 Å². The number of thiazole rings is 1. The Kier molecular flexibility index (Phi) is 4.48. The van der Waals surface area contributed by atoms with E-state index in [0.717, 1.165) is 36.0 Å². The minimum Gasteiger partial charge on any atom is -0.497 e. The van der Waals surface area contributed by atoms with Gasteiger partial charge in [-0.3, -0.25) is 9.69 Å². The number of rotatable bonds is 5. The van der Waals surface area contributed by atoms with Gasteiger partial charge in [0.15, 0.2) is 0 Å². The van der Waals surface area contributed by atoms with Crippen LogP contribution in [0.25, 0.3) is 0 Å². The van der Waals surface area contributed by atoms with Gasteiger partial charge in [0.25, 0.3) is 0 Å². The number of ether oxygens (including phenoxy) is 1. The first-order chi connectivity index (χ1) is 12.1. The summed E-state index contributed by atoms with van der Waals surface area (Å²) < 4.78 is 5.22. The van der Waals surface area contributed by atoms with Crippen molar-refractivity contribution in [2.24, 2.45) is 0 Å². The summed E-state index contributed by atoms with van der Waals surface area (Å²) in [4.78, 5) is 21.6. The standard InChI is InChI=1S/C19H23N3O2S/c1-13-20-15(12-25-13)11-22-17-7-8-21(18(17)9-19(22)23)10-14-3-5-16(24-2)6-4-14/h3-6,12,17-18H,7-11H2,1-2H3/t17-,18+/m0/s1. The van der Waals surface area contributed by atoms with Gasteiger partial charge in [0.2, 0.25) is 5.91 Å². The van der Waals surface area contributed by atoms with E-state index in [2.05, 4.69) is 27.4 Å². The second kappa shape index (κ2) is 6.77. The van der Waals surface area contributed by atoms with Crippen molar-refractivity contribution in [2.75, 3.05) is 13.7 Å². The van der Waals surface area contributed by atoms with Crippen LogP contribution >= 0.6 is 11.3 Å². The molecule has 1 aromatic heterocycles. The number of hydrogen-bond acceptors (Lipinski definition) is 5. The fraction of sp³-hybridized carbons (Fsp3) is 0.474. The highest BCUT2D eigenvalue weighted by molar-refractivity contribution is 7.09. The normalized spacial score (nSPS) is 23.3. The molecule has 0 unspecified atom stereocenters. The van der Waals surface area contributed by atoms with E-state index in [0.29, 0.717) is 25.0 Å². The van der Waals surface area contributed by atoms with Gasteiger partial charge in [-0.05, 0) is 31.0 Å². The van der Waals surface area contributed by atoms with Gasteiger partial charge in [0, 0.05) is 37.0 Å². The Labute approximate surface area is 152 Å². The number of benzene rings is 1. The number of carbonyl (C=O) groups excluding carboxylic acids is 1. The number of carbonyl (C=O) groups is 1. The Morgan fingerprint density at radius 1 is 1.24 bits per heavy atom. The lowest BCUT2D eigenvalue weighted by Crippen LogP contribution is -2.36. The zero-order valence-electron chi connectivity index (χ0n) is 14.6. The summed E-state index contributed by atoms with van der Waals surface area (Å²) in [6, 6.07) is 8.87. The van der Waals surface area contributed by atoms with E-state index in [9.17, 15) is 4.79 Å². The fourth-order valence-electron chi connectivity index (χ4n) is 4.03. The third-order valence-electron chi connectivity index (χ3n) is 5.27. The Balaban J connectivity index is 1.43. The van der Waals surface area contributed by atoms with Crippen LogP contribution in [-0.2, 0) is 17.9 Å². The highest BCUT2D eigenvalue weighted by atomic mass is 32.1. The molecule has 3 heterocycles. The maximum absolute atomic E-state index is 12.5. The molecule has 0 N–H and O–H groups in total. The molecule has 1 aromatic carbocycles. The van der Waals surface area contributed by atoms with E-state index < -0.39 is 0 Å². The monoisotopic (exact) mass is 357 g/mol. The van der Waals surface area contributed by atoms with Crippen LogP contribution in [-0.4, -0.2) is 46.4 Å². The SMILES string of the molecule is COc1ccc(CN2CC[C@H]3[C@H]2CC(=O)N3Cc2csc(C)n2)cc1. The Bertz CT molecular complexity index is 758. The van der Waals surface area contributed by atoms with E-state index in [-0.39, 0.29) is 5.91 Å². The summed E-state index contributed by atoms with van der Waals surface area (Å²) >= 11 is 1.65. The van der Waals surface area contributed by atoms with E-state index >= 15 is 0 Å². The van der Waals surface area contributed by atoms with Crippen LogP contribution in [0.2, 0.25) is 0 Å². The molecule has 2 atom stereocenters. The van der Waals surface area contributed by atoms with Crippen molar-refractivity contribution in [1.82, 2.24) is 14.8 Å². The van der Waals surface area contributed by atoms with E-state index in [1.54, 1.807) is 18.4 Å². The van der Waals surface area contributed by atoms with Crippen molar-refractivity contribution in [3.8, 4) is 5.75 Å². The van der Waals surface area contributed by atoms with Crippen LogP contribution in [0.5, 0.6) is 5.75 Å². The molecule has 25 heavy (non-hydrogen) atoms. The Morgan fingerprint density at radius 3 is 2.72 bits per heavy atom. The zero-order chi connectivity index (χ0) is 17.4. The fourth-order valence-corrected chi connectivity index (χ4v) is 4.64. The molecular formula is C19H23N3O2S. The minimum absolute atomic E-state index is 0.264. The van der Waals surface area contributed by atoms with Crippen LogP contribution in [0.4, 0.5) is 0 Å². The van der Waals surface area contributed by atoms with Crippen LogP contribution in [0.1, 0.15) is 29.1 Å². The molecule has 4 rings (SSSR count). The molecule has 6 heteroatoms. The van der Waals surface area contributed by atoms with Crippen molar-refractivity contribution in [1.29, 1.82) is 0 Å². The third kappa shape index (κ3) is 3.28. The maximum atomic E-state index is 12.5. The molecular weight excluding hydrogens is 334 g/mol. The van der Waals surface area contributed by atoms with E-state index in [1.165, 1.54) is 5.56 Å². The van der Waals surface area contributed by atoms with Gasteiger partial charge in [-0.15, -0.1) is 11.3 Å². The molecule has 2 fully saturated rings. The van der Waals surface area contributed by atoms with Crippen molar-refractivity contribution in [3.05, 3.63) is 45.9 Å². The van der Waals surface area contributed by atoms with Crippen LogP contribution < -0.4 is 4.74 Å². The quantitative estimate of drug-likeness (QED) is 0.825. The topological polar surface area (TPSA) is 45.7 Å². The number of methoxy groups -OCH3 is 1. The Morgan fingerprint density at radius 2 is 2.04 bits per heavy atom. The van der Waals surface area contributed by atoms with E-state index in [1.807, 2.05) is 24.0 Å². The minimum atomic E-state index is 0.264. The number of fused-ring (bicyclic) bond motifs is 1. The first-order valence-electron chi connectivity index (χ1n) is 8.71. The van der Waals surface area contributed by atoms with Gasteiger partial charge in [-0.1, -0.05) is 12.1 Å². The summed E-state index contributed by atoms with van der Waals surface area (Å²) in [7, 11) is 1.68. The summed E-state index contributed by atoms with van der Waals surface area (Å²) in [5.74, 6) is 1.14. The molecule has 5 nitrogen and oxygen atoms in total. The van der Waals surface area contributed by atoms with Gasteiger partial charge < -0.3 is 9.64 Å². The molecule has 2 aromatic rings. The Hall–Kier alpha value is -1.92. The summed E-state index contributed by atoms with van der Waals surface area (Å²) in [6.45, 7) is 4.60. The average molecular weight is 357 g/mol. The van der Waals surface area contributed by atoms with Crippen molar-refractivity contribution >= 4 is 17.2 Å².